The number of ether oxygens (including phenoxy) is 1. The highest BCUT2D eigenvalue weighted by molar-refractivity contribution is 7.99. The number of nitriles is 1. The first-order valence-corrected chi connectivity index (χ1v) is 8.86. The molecule has 1 saturated heterocycles. The molecule has 124 valence electrons. The lowest BCUT2D eigenvalue weighted by Crippen LogP contribution is -2.47. The highest BCUT2D eigenvalue weighted by atomic mass is 32.2. The van der Waals surface area contributed by atoms with Crippen molar-refractivity contribution in [3.8, 4) is 6.07 Å². The van der Waals surface area contributed by atoms with Gasteiger partial charge >= 0.3 is 6.09 Å². The summed E-state index contributed by atoms with van der Waals surface area (Å²) in [5.41, 5.74) is 0.129. The molecule has 1 aliphatic rings. The Balaban J connectivity index is 1.98. The van der Waals surface area contributed by atoms with Crippen LogP contribution in [-0.4, -0.2) is 39.9 Å². The first-order chi connectivity index (χ1) is 10.9. The summed E-state index contributed by atoms with van der Waals surface area (Å²) in [7, 11) is 0. The van der Waals surface area contributed by atoms with Crippen LogP contribution in [0.4, 0.5) is 4.79 Å². The maximum Gasteiger partial charge on any atom is 0.410 e. The number of rotatable bonds is 3. The fourth-order valence-corrected chi connectivity index (χ4v) is 3.53. The molecule has 2 heterocycles. The van der Waals surface area contributed by atoms with Crippen LogP contribution in [-0.2, 0) is 4.74 Å². The first-order valence-electron chi connectivity index (χ1n) is 7.87. The summed E-state index contributed by atoms with van der Waals surface area (Å²) < 4.78 is 5.52. The molecule has 2 rings (SSSR count). The van der Waals surface area contributed by atoms with Crippen LogP contribution in [0.2, 0.25) is 0 Å². The quantitative estimate of drug-likeness (QED) is 0.786. The molecule has 1 aromatic heterocycles. The third kappa shape index (κ3) is 5.43. The van der Waals surface area contributed by atoms with Crippen molar-refractivity contribution in [2.24, 2.45) is 0 Å². The van der Waals surface area contributed by atoms with E-state index in [4.69, 9.17) is 10.00 Å². The zero-order valence-electron chi connectivity index (χ0n) is 13.9. The van der Waals surface area contributed by atoms with Crippen molar-refractivity contribution in [3.05, 3.63) is 23.9 Å². The molecule has 0 radical (unpaired) electrons. The fourth-order valence-electron chi connectivity index (χ4n) is 2.47. The van der Waals surface area contributed by atoms with Crippen molar-refractivity contribution in [1.29, 1.82) is 5.26 Å². The first kappa shape index (κ1) is 17.6. The number of amides is 1. The third-order valence-electron chi connectivity index (χ3n) is 3.54. The topological polar surface area (TPSA) is 66.2 Å². The van der Waals surface area contributed by atoms with Gasteiger partial charge in [-0.1, -0.05) is 0 Å². The highest BCUT2D eigenvalue weighted by Gasteiger charge is 2.30. The number of pyridine rings is 1. The summed E-state index contributed by atoms with van der Waals surface area (Å²) in [4.78, 5) is 18.5. The van der Waals surface area contributed by atoms with E-state index in [1.807, 2.05) is 25.7 Å². The maximum absolute atomic E-state index is 12.4. The summed E-state index contributed by atoms with van der Waals surface area (Å²) in [6.07, 6.45) is 4.53. The fraction of sp³-hybridized carbons (Fsp3) is 0.588. The number of piperidine rings is 1. The lowest BCUT2D eigenvalue weighted by atomic mass is 10.0. The van der Waals surface area contributed by atoms with Gasteiger partial charge in [0.1, 0.15) is 5.60 Å². The minimum Gasteiger partial charge on any atom is -0.444 e. The van der Waals surface area contributed by atoms with Crippen molar-refractivity contribution in [3.63, 3.8) is 0 Å². The van der Waals surface area contributed by atoms with Crippen LogP contribution in [0.1, 0.15) is 45.6 Å². The van der Waals surface area contributed by atoms with Crippen LogP contribution in [0.25, 0.3) is 0 Å². The normalized spacial score (nSPS) is 18.3. The van der Waals surface area contributed by atoms with Crippen LogP contribution in [0.3, 0.4) is 0 Å². The van der Waals surface area contributed by atoms with E-state index >= 15 is 0 Å². The second kappa shape index (κ2) is 7.69. The Labute approximate surface area is 142 Å². The molecule has 1 fully saturated rings. The van der Waals surface area contributed by atoms with Gasteiger partial charge in [-0.3, -0.25) is 0 Å². The molecular weight excluding hydrogens is 310 g/mol. The molecule has 0 aliphatic carbocycles. The average molecular weight is 333 g/mol. The molecule has 0 spiro atoms. The molecule has 23 heavy (non-hydrogen) atoms. The van der Waals surface area contributed by atoms with Crippen LogP contribution < -0.4 is 0 Å². The molecule has 0 saturated carbocycles. The minimum atomic E-state index is -0.477. The molecule has 1 aliphatic heterocycles. The van der Waals surface area contributed by atoms with Gasteiger partial charge < -0.3 is 9.64 Å². The van der Waals surface area contributed by atoms with Crippen molar-refractivity contribution in [2.75, 3.05) is 12.3 Å². The number of hydrogen-bond acceptors (Lipinski definition) is 5. The van der Waals surface area contributed by atoms with Crippen molar-refractivity contribution < 1.29 is 9.53 Å². The smallest absolute Gasteiger partial charge is 0.410 e. The number of hydrogen-bond donors (Lipinski definition) is 0. The molecule has 0 aromatic carbocycles. The number of likely N-dealkylation sites (tertiary alicyclic amines) is 1. The summed E-state index contributed by atoms with van der Waals surface area (Å²) >= 11 is 1.58. The van der Waals surface area contributed by atoms with E-state index in [1.165, 1.54) is 0 Å². The molecule has 0 N–H and O–H groups in total. The van der Waals surface area contributed by atoms with Gasteiger partial charge in [-0.25, -0.2) is 9.78 Å². The lowest BCUT2D eigenvalue weighted by molar-refractivity contribution is 0.0126. The van der Waals surface area contributed by atoms with E-state index in [0.717, 1.165) is 36.6 Å². The second-order valence-electron chi connectivity index (χ2n) is 6.63. The van der Waals surface area contributed by atoms with Gasteiger partial charge in [-0.2, -0.15) is 5.26 Å². The Morgan fingerprint density at radius 1 is 1.52 bits per heavy atom. The molecule has 1 unspecified atom stereocenters. The van der Waals surface area contributed by atoms with Gasteiger partial charge in [0.25, 0.3) is 0 Å². The monoisotopic (exact) mass is 333 g/mol. The Morgan fingerprint density at radius 3 is 3.00 bits per heavy atom. The number of carbonyl (C=O) groups is 1. The van der Waals surface area contributed by atoms with Crippen molar-refractivity contribution in [1.82, 2.24) is 9.88 Å². The molecule has 1 aromatic rings. The molecule has 5 nitrogen and oxygen atoms in total. The van der Waals surface area contributed by atoms with Gasteiger partial charge in [-0.05, 0) is 52.2 Å². The molecule has 6 heteroatoms. The van der Waals surface area contributed by atoms with Crippen molar-refractivity contribution >= 4 is 17.9 Å². The number of nitrogens with zero attached hydrogens (tertiary/aromatic N) is 3. The maximum atomic E-state index is 12.4. The van der Waals surface area contributed by atoms with Crippen LogP contribution in [0.5, 0.6) is 0 Å². The zero-order chi connectivity index (χ0) is 16.9. The molecule has 1 amide bonds. The Hall–Kier alpha value is -1.74. The second-order valence-corrected chi connectivity index (χ2v) is 7.67. The summed E-state index contributed by atoms with van der Waals surface area (Å²) in [5, 5.41) is 9.76. The third-order valence-corrected chi connectivity index (χ3v) is 4.61. The zero-order valence-corrected chi connectivity index (χ0v) is 14.7. The largest absolute Gasteiger partial charge is 0.444 e. The van der Waals surface area contributed by atoms with Gasteiger partial charge in [0.15, 0.2) is 0 Å². The number of thioether (sulfide) groups is 1. The molecule has 1 atom stereocenters. The summed E-state index contributed by atoms with van der Waals surface area (Å²) in [5.74, 6) is 0.765. The predicted octanol–water partition coefficient (Wildman–Crippen LogP) is 3.83. The van der Waals surface area contributed by atoms with E-state index < -0.39 is 5.60 Å². The standard InChI is InChI=1S/C17H23N3O2S/c1-17(2,3)22-16(21)20-9-5-4-6-14(20)12-23-15-10-13(11-18)7-8-19-15/h7-8,10,14H,4-6,9,12H2,1-3H3. The predicted molar refractivity (Wildman–Crippen MR) is 90.3 cm³/mol. The van der Waals surface area contributed by atoms with E-state index in [2.05, 4.69) is 11.1 Å². The Bertz CT molecular complexity index is 592. The van der Waals surface area contributed by atoms with Crippen molar-refractivity contribution in [2.45, 2.75) is 56.7 Å². The van der Waals surface area contributed by atoms with E-state index in [0.29, 0.717) is 5.56 Å². The molecule has 0 bridgehead atoms. The Morgan fingerprint density at radius 2 is 2.30 bits per heavy atom. The highest BCUT2D eigenvalue weighted by Crippen LogP contribution is 2.26. The van der Waals surface area contributed by atoms with E-state index in [9.17, 15) is 4.79 Å². The van der Waals surface area contributed by atoms with E-state index in [-0.39, 0.29) is 12.1 Å². The van der Waals surface area contributed by atoms with Crippen LogP contribution in [0, 0.1) is 11.3 Å². The Kier molecular flexibility index (Phi) is 5.89. The summed E-state index contributed by atoms with van der Waals surface area (Å²) in [6, 6.07) is 5.74. The number of carbonyl (C=O) groups excluding carboxylic acids is 1. The minimum absolute atomic E-state index is 0.149. The SMILES string of the molecule is CC(C)(C)OC(=O)N1CCCCC1CSc1cc(C#N)ccn1. The molecular formula is C17H23N3O2S. The van der Waals surface area contributed by atoms with Gasteiger partial charge in [0, 0.05) is 24.5 Å². The van der Waals surface area contributed by atoms with Crippen LogP contribution >= 0.6 is 11.8 Å². The van der Waals surface area contributed by atoms with Crippen LogP contribution in [0.15, 0.2) is 23.4 Å². The number of aromatic nitrogens is 1. The summed E-state index contributed by atoms with van der Waals surface area (Å²) in [6.45, 7) is 6.40. The van der Waals surface area contributed by atoms with Gasteiger partial charge in [-0.15, -0.1) is 11.8 Å². The van der Waals surface area contributed by atoms with Gasteiger partial charge in [0.05, 0.1) is 16.7 Å². The average Bonchev–Trinajstić information content (AvgIpc) is 2.52. The van der Waals surface area contributed by atoms with E-state index in [1.54, 1.807) is 30.1 Å². The lowest BCUT2D eigenvalue weighted by Gasteiger charge is -2.36. The van der Waals surface area contributed by atoms with Gasteiger partial charge in [0.2, 0.25) is 0 Å².